The van der Waals surface area contributed by atoms with Gasteiger partial charge in [0, 0.05) is 0 Å². The summed E-state index contributed by atoms with van der Waals surface area (Å²) in [6.07, 6.45) is 4.52. The molecular weight excluding hydrogens is 258 g/mol. The molecular formula is C15H27NO4. The fourth-order valence-electron chi connectivity index (χ4n) is 2.57. The maximum absolute atomic E-state index is 11.5. The average molecular weight is 285 g/mol. The summed E-state index contributed by atoms with van der Waals surface area (Å²) in [4.78, 5) is 22.3. The first-order valence-corrected chi connectivity index (χ1v) is 7.43. The molecule has 1 aliphatic rings. The lowest BCUT2D eigenvalue weighted by Crippen LogP contribution is -2.32. The lowest BCUT2D eigenvalue weighted by atomic mass is 9.80. The Balaban J connectivity index is 2.08. The minimum Gasteiger partial charge on any atom is -0.481 e. The van der Waals surface area contributed by atoms with Crippen LogP contribution in [0.4, 0.5) is 0 Å². The minimum atomic E-state index is -0.661. The molecule has 0 aromatic carbocycles. The Morgan fingerprint density at radius 2 is 1.80 bits per heavy atom. The predicted molar refractivity (Wildman–Crippen MR) is 76.4 cm³/mol. The van der Waals surface area contributed by atoms with Crippen molar-refractivity contribution in [2.75, 3.05) is 13.1 Å². The summed E-state index contributed by atoms with van der Waals surface area (Å²) in [5, 5.41) is 12.0. The molecule has 0 amide bonds. The van der Waals surface area contributed by atoms with Crippen LogP contribution in [0, 0.1) is 11.8 Å². The molecule has 1 rings (SSSR count). The molecule has 0 unspecified atom stereocenters. The number of ether oxygens (including phenoxy) is 1. The summed E-state index contributed by atoms with van der Waals surface area (Å²) in [5.74, 6) is -0.462. The van der Waals surface area contributed by atoms with Crippen LogP contribution >= 0.6 is 0 Å². The maximum atomic E-state index is 11.5. The molecule has 0 aliphatic heterocycles. The summed E-state index contributed by atoms with van der Waals surface area (Å²) < 4.78 is 5.20. The van der Waals surface area contributed by atoms with Crippen molar-refractivity contribution in [3.63, 3.8) is 0 Å². The van der Waals surface area contributed by atoms with Gasteiger partial charge in [-0.25, -0.2) is 0 Å². The fourth-order valence-corrected chi connectivity index (χ4v) is 2.57. The van der Waals surface area contributed by atoms with Gasteiger partial charge in [-0.3, -0.25) is 9.59 Å². The Morgan fingerprint density at radius 1 is 1.20 bits per heavy atom. The number of aliphatic carboxylic acids is 1. The molecule has 0 atom stereocenters. The quantitative estimate of drug-likeness (QED) is 0.578. The number of carbonyl (C=O) groups excluding carboxylic acids is 1. The molecule has 20 heavy (non-hydrogen) atoms. The molecule has 0 aromatic rings. The largest absolute Gasteiger partial charge is 0.481 e. The number of hydrogen-bond donors (Lipinski definition) is 2. The number of nitrogens with one attached hydrogen (secondary N) is 1. The molecule has 0 radical (unpaired) electrons. The zero-order chi connectivity index (χ0) is 15.2. The first-order chi connectivity index (χ1) is 9.28. The molecule has 5 nitrogen and oxygen atoms in total. The maximum Gasteiger partial charge on any atom is 0.320 e. The molecule has 1 fully saturated rings. The van der Waals surface area contributed by atoms with Crippen LogP contribution in [0.2, 0.25) is 0 Å². The van der Waals surface area contributed by atoms with Crippen LogP contribution in [0.15, 0.2) is 0 Å². The van der Waals surface area contributed by atoms with Crippen molar-refractivity contribution in [3.05, 3.63) is 0 Å². The molecule has 0 saturated heterocycles. The molecule has 0 aromatic heterocycles. The summed E-state index contributed by atoms with van der Waals surface area (Å²) >= 11 is 0. The molecule has 2 N–H and O–H groups in total. The van der Waals surface area contributed by atoms with Gasteiger partial charge >= 0.3 is 11.9 Å². The van der Waals surface area contributed by atoms with Crippen molar-refractivity contribution >= 4 is 11.9 Å². The van der Waals surface area contributed by atoms with E-state index in [9.17, 15) is 9.59 Å². The molecule has 1 aliphatic carbocycles. The van der Waals surface area contributed by atoms with Crippen molar-refractivity contribution < 1.29 is 19.4 Å². The summed E-state index contributed by atoms with van der Waals surface area (Å²) in [6.45, 7) is 6.58. The van der Waals surface area contributed by atoms with Gasteiger partial charge in [0.05, 0.1) is 12.5 Å². The number of hydrogen-bond acceptors (Lipinski definition) is 4. The zero-order valence-corrected chi connectivity index (χ0v) is 12.8. The normalized spacial score (nSPS) is 23.4. The van der Waals surface area contributed by atoms with Crippen LogP contribution in [0.1, 0.15) is 52.9 Å². The Bertz CT molecular complexity index is 327. The van der Waals surface area contributed by atoms with E-state index in [1.165, 1.54) is 0 Å². The number of carbonyl (C=O) groups is 2. The molecule has 116 valence electrons. The number of esters is 1. The van der Waals surface area contributed by atoms with Crippen LogP contribution in [0.5, 0.6) is 0 Å². The molecule has 1 saturated carbocycles. The topological polar surface area (TPSA) is 75.6 Å². The SMILES string of the molecule is CC(C)(C)OC(=O)CNCC[C@H]1CC[C@H](C(=O)O)CC1. The van der Waals surface area contributed by atoms with E-state index in [-0.39, 0.29) is 18.4 Å². The lowest BCUT2D eigenvalue weighted by molar-refractivity contribution is -0.153. The first kappa shape index (κ1) is 17.0. The lowest BCUT2D eigenvalue weighted by Gasteiger charge is -2.26. The number of rotatable bonds is 6. The van der Waals surface area contributed by atoms with E-state index < -0.39 is 11.6 Å². The predicted octanol–water partition coefficient (Wildman–Crippen LogP) is 2.20. The van der Waals surface area contributed by atoms with Crippen LogP contribution < -0.4 is 5.32 Å². The highest BCUT2D eigenvalue weighted by Crippen LogP contribution is 2.30. The van der Waals surface area contributed by atoms with Crippen LogP contribution in [-0.4, -0.2) is 35.7 Å². The first-order valence-electron chi connectivity index (χ1n) is 7.43. The van der Waals surface area contributed by atoms with E-state index in [0.717, 1.165) is 38.6 Å². The van der Waals surface area contributed by atoms with E-state index in [1.807, 2.05) is 20.8 Å². The van der Waals surface area contributed by atoms with Crippen molar-refractivity contribution in [2.45, 2.75) is 58.5 Å². The Morgan fingerprint density at radius 3 is 2.30 bits per heavy atom. The molecule has 5 heteroatoms. The minimum absolute atomic E-state index is 0.152. The average Bonchev–Trinajstić information content (AvgIpc) is 2.33. The fraction of sp³-hybridized carbons (Fsp3) is 0.867. The third-order valence-electron chi connectivity index (χ3n) is 3.61. The van der Waals surface area contributed by atoms with Gasteiger partial charge in [-0.1, -0.05) is 0 Å². The second kappa shape index (κ2) is 7.62. The van der Waals surface area contributed by atoms with Gasteiger partial charge in [-0.05, 0) is 65.3 Å². The second-order valence-corrected chi connectivity index (χ2v) is 6.61. The molecule has 0 heterocycles. The van der Waals surface area contributed by atoms with Crippen molar-refractivity contribution in [2.24, 2.45) is 11.8 Å². The zero-order valence-electron chi connectivity index (χ0n) is 12.8. The van der Waals surface area contributed by atoms with Gasteiger partial charge in [0.15, 0.2) is 0 Å². The van der Waals surface area contributed by atoms with Crippen molar-refractivity contribution in [3.8, 4) is 0 Å². The van der Waals surface area contributed by atoms with Gasteiger partial charge in [-0.2, -0.15) is 0 Å². The summed E-state index contributed by atoms with van der Waals surface area (Å²) in [5.41, 5.74) is -0.437. The van der Waals surface area contributed by atoms with Crippen molar-refractivity contribution in [1.29, 1.82) is 0 Å². The third-order valence-corrected chi connectivity index (χ3v) is 3.61. The van der Waals surface area contributed by atoms with Crippen LogP contribution in [0.25, 0.3) is 0 Å². The number of carboxylic acid groups (broad SMARTS) is 1. The van der Waals surface area contributed by atoms with Crippen LogP contribution in [-0.2, 0) is 14.3 Å². The Hall–Kier alpha value is -1.10. The van der Waals surface area contributed by atoms with Gasteiger partial charge < -0.3 is 15.2 Å². The van der Waals surface area contributed by atoms with Gasteiger partial charge in [0.25, 0.3) is 0 Å². The molecule has 0 bridgehead atoms. The van der Waals surface area contributed by atoms with Gasteiger partial charge in [0.1, 0.15) is 5.60 Å². The standard InChI is InChI=1S/C15H27NO4/c1-15(2,3)20-13(17)10-16-9-8-11-4-6-12(7-5-11)14(18)19/h11-12,16H,4-10H2,1-3H3,(H,18,19)/t11-,12-. The third kappa shape index (κ3) is 6.89. The Labute approximate surface area is 121 Å². The van der Waals surface area contributed by atoms with E-state index >= 15 is 0 Å². The van der Waals surface area contributed by atoms with E-state index in [2.05, 4.69) is 5.32 Å². The summed E-state index contributed by atoms with van der Waals surface area (Å²) in [7, 11) is 0. The highest BCUT2D eigenvalue weighted by atomic mass is 16.6. The van der Waals surface area contributed by atoms with Gasteiger partial charge in [0.2, 0.25) is 0 Å². The van der Waals surface area contributed by atoms with Gasteiger partial charge in [-0.15, -0.1) is 0 Å². The number of carboxylic acids is 1. The van der Waals surface area contributed by atoms with E-state index in [4.69, 9.17) is 9.84 Å². The second-order valence-electron chi connectivity index (χ2n) is 6.61. The highest BCUT2D eigenvalue weighted by molar-refractivity contribution is 5.72. The van der Waals surface area contributed by atoms with Crippen molar-refractivity contribution in [1.82, 2.24) is 5.32 Å². The van der Waals surface area contributed by atoms with E-state index in [1.54, 1.807) is 0 Å². The summed E-state index contributed by atoms with van der Waals surface area (Å²) in [6, 6.07) is 0. The monoisotopic (exact) mass is 285 g/mol. The molecule has 0 spiro atoms. The Kier molecular flexibility index (Phi) is 6.46. The smallest absolute Gasteiger partial charge is 0.320 e. The highest BCUT2D eigenvalue weighted by Gasteiger charge is 2.25. The van der Waals surface area contributed by atoms with Crippen LogP contribution in [0.3, 0.4) is 0 Å². The van der Waals surface area contributed by atoms with E-state index in [0.29, 0.717) is 5.92 Å².